The molecular formula is C17H18N2O2. The summed E-state index contributed by atoms with van der Waals surface area (Å²) in [5.41, 5.74) is 9.52. The summed E-state index contributed by atoms with van der Waals surface area (Å²) in [6, 6.07) is 13.5. The van der Waals surface area contributed by atoms with E-state index >= 15 is 0 Å². The van der Waals surface area contributed by atoms with Crippen molar-refractivity contribution in [2.45, 2.75) is 13.3 Å². The van der Waals surface area contributed by atoms with Gasteiger partial charge in [-0.3, -0.25) is 0 Å². The Hall–Kier alpha value is -2.49. The number of benzene rings is 2. The van der Waals surface area contributed by atoms with Crippen LogP contribution in [-0.2, 0) is 6.42 Å². The third-order valence-electron chi connectivity index (χ3n) is 3.92. The summed E-state index contributed by atoms with van der Waals surface area (Å²) in [7, 11) is 0. The van der Waals surface area contributed by atoms with E-state index in [1.54, 1.807) is 12.1 Å². The van der Waals surface area contributed by atoms with Crippen molar-refractivity contribution >= 4 is 23.0 Å². The molecule has 1 heterocycles. The van der Waals surface area contributed by atoms with Gasteiger partial charge in [-0.1, -0.05) is 25.1 Å². The second-order valence-electron chi connectivity index (χ2n) is 5.63. The summed E-state index contributed by atoms with van der Waals surface area (Å²) < 4.78 is 0. The molecule has 1 unspecified atom stereocenters. The highest BCUT2D eigenvalue weighted by molar-refractivity contribution is 5.95. The summed E-state index contributed by atoms with van der Waals surface area (Å²) in [5.74, 6) is -0.474. The van der Waals surface area contributed by atoms with Crippen molar-refractivity contribution in [1.82, 2.24) is 0 Å². The number of nitrogens with zero attached hydrogens (tertiary/aromatic N) is 1. The highest BCUT2D eigenvalue weighted by Crippen LogP contribution is 2.36. The van der Waals surface area contributed by atoms with Crippen LogP contribution in [0.3, 0.4) is 0 Å². The molecule has 4 heteroatoms. The zero-order valence-corrected chi connectivity index (χ0v) is 11.9. The lowest BCUT2D eigenvalue weighted by atomic mass is 9.93. The largest absolute Gasteiger partial charge is 0.478 e. The van der Waals surface area contributed by atoms with Gasteiger partial charge < -0.3 is 15.7 Å². The molecule has 2 aromatic carbocycles. The maximum Gasteiger partial charge on any atom is 0.337 e. The molecule has 0 saturated heterocycles. The Labute approximate surface area is 123 Å². The van der Waals surface area contributed by atoms with Crippen LogP contribution in [0.5, 0.6) is 0 Å². The molecule has 1 aliphatic rings. The van der Waals surface area contributed by atoms with Crippen molar-refractivity contribution in [3.05, 3.63) is 53.6 Å². The first-order valence-corrected chi connectivity index (χ1v) is 7.04. The average Bonchev–Trinajstić information content (AvgIpc) is 2.46. The van der Waals surface area contributed by atoms with Crippen molar-refractivity contribution in [1.29, 1.82) is 0 Å². The van der Waals surface area contributed by atoms with Gasteiger partial charge >= 0.3 is 5.97 Å². The summed E-state index contributed by atoms with van der Waals surface area (Å²) in [6.45, 7) is 3.08. The number of rotatable bonds is 2. The van der Waals surface area contributed by atoms with E-state index < -0.39 is 5.97 Å². The first-order chi connectivity index (χ1) is 10.1. The molecule has 3 N–H and O–H groups in total. The predicted octanol–water partition coefficient (Wildman–Crippen LogP) is 3.30. The van der Waals surface area contributed by atoms with Gasteiger partial charge in [0.1, 0.15) is 0 Å². The maximum absolute atomic E-state index is 11.3. The standard InChI is InChI=1S/C17H18N2O2/c1-11-8-12-4-2-3-5-16(12)19(10-11)13-6-7-15(18)14(9-13)17(20)21/h2-7,9,11H,8,10,18H2,1H3,(H,20,21). The molecule has 0 aliphatic carbocycles. The molecule has 21 heavy (non-hydrogen) atoms. The molecule has 2 aromatic rings. The predicted molar refractivity (Wildman–Crippen MR) is 84.1 cm³/mol. The average molecular weight is 282 g/mol. The van der Waals surface area contributed by atoms with E-state index in [0.29, 0.717) is 11.6 Å². The quantitative estimate of drug-likeness (QED) is 0.829. The van der Waals surface area contributed by atoms with E-state index in [2.05, 4.69) is 24.0 Å². The third-order valence-corrected chi connectivity index (χ3v) is 3.92. The highest BCUT2D eigenvalue weighted by Gasteiger charge is 2.23. The van der Waals surface area contributed by atoms with Crippen molar-refractivity contribution in [2.24, 2.45) is 5.92 Å². The molecule has 4 nitrogen and oxygen atoms in total. The molecule has 0 radical (unpaired) electrons. The van der Waals surface area contributed by atoms with Crippen LogP contribution in [0.15, 0.2) is 42.5 Å². The molecule has 0 amide bonds. The van der Waals surface area contributed by atoms with E-state index in [9.17, 15) is 9.90 Å². The molecule has 0 fully saturated rings. The summed E-state index contributed by atoms with van der Waals surface area (Å²) in [5, 5.41) is 9.24. The number of fused-ring (bicyclic) bond motifs is 1. The number of anilines is 3. The number of carboxylic acid groups (broad SMARTS) is 1. The Morgan fingerprint density at radius 1 is 1.29 bits per heavy atom. The number of hydrogen-bond donors (Lipinski definition) is 2. The first kappa shape index (κ1) is 13.5. The van der Waals surface area contributed by atoms with Gasteiger partial charge in [0, 0.05) is 23.6 Å². The van der Waals surface area contributed by atoms with Crippen molar-refractivity contribution in [2.75, 3.05) is 17.2 Å². The number of carbonyl (C=O) groups is 1. The minimum Gasteiger partial charge on any atom is -0.478 e. The number of nitrogens with two attached hydrogens (primary N) is 1. The van der Waals surface area contributed by atoms with Crippen LogP contribution < -0.4 is 10.6 Å². The van der Waals surface area contributed by atoms with Crippen molar-refractivity contribution in [3.8, 4) is 0 Å². The monoisotopic (exact) mass is 282 g/mol. The van der Waals surface area contributed by atoms with Gasteiger partial charge in [-0.15, -0.1) is 0 Å². The van der Waals surface area contributed by atoms with E-state index in [1.807, 2.05) is 18.2 Å². The van der Waals surface area contributed by atoms with E-state index in [1.165, 1.54) is 5.56 Å². The van der Waals surface area contributed by atoms with Gasteiger partial charge in [0.2, 0.25) is 0 Å². The first-order valence-electron chi connectivity index (χ1n) is 7.04. The second kappa shape index (κ2) is 5.13. The fourth-order valence-electron chi connectivity index (χ4n) is 2.94. The van der Waals surface area contributed by atoms with Crippen LogP contribution in [0.4, 0.5) is 17.1 Å². The molecule has 1 aliphatic heterocycles. The van der Waals surface area contributed by atoms with Crippen molar-refractivity contribution < 1.29 is 9.90 Å². The van der Waals surface area contributed by atoms with Crippen LogP contribution >= 0.6 is 0 Å². The minimum atomic E-state index is -0.993. The Balaban J connectivity index is 2.08. The van der Waals surface area contributed by atoms with Gasteiger partial charge in [-0.2, -0.15) is 0 Å². The lowest BCUT2D eigenvalue weighted by Gasteiger charge is -2.35. The third kappa shape index (κ3) is 2.44. The normalized spacial score (nSPS) is 17.4. The number of carboxylic acids is 1. The number of aromatic carboxylic acids is 1. The lowest BCUT2D eigenvalue weighted by Crippen LogP contribution is -2.30. The smallest absolute Gasteiger partial charge is 0.337 e. The van der Waals surface area contributed by atoms with E-state index in [0.717, 1.165) is 24.3 Å². The summed E-state index contributed by atoms with van der Waals surface area (Å²) >= 11 is 0. The molecular weight excluding hydrogens is 264 g/mol. The van der Waals surface area contributed by atoms with Gasteiger partial charge in [0.15, 0.2) is 0 Å². The minimum absolute atomic E-state index is 0.156. The lowest BCUT2D eigenvalue weighted by molar-refractivity contribution is 0.0698. The fourth-order valence-corrected chi connectivity index (χ4v) is 2.94. The molecule has 1 atom stereocenters. The number of para-hydroxylation sites is 1. The van der Waals surface area contributed by atoms with Crippen LogP contribution in [-0.4, -0.2) is 17.6 Å². The highest BCUT2D eigenvalue weighted by atomic mass is 16.4. The van der Waals surface area contributed by atoms with Gasteiger partial charge in [-0.05, 0) is 42.2 Å². The Morgan fingerprint density at radius 3 is 2.81 bits per heavy atom. The Morgan fingerprint density at radius 2 is 2.05 bits per heavy atom. The van der Waals surface area contributed by atoms with Crippen LogP contribution in [0, 0.1) is 5.92 Å². The summed E-state index contributed by atoms with van der Waals surface area (Å²) in [6.07, 6.45) is 1.05. The Kier molecular flexibility index (Phi) is 3.29. The molecule has 0 spiro atoms. The molecule has 0 saturated carbocycles. The van der Waals surface area contributed by atoms with Gasteiger partial charge in [0.25, 0.3) is 0 Å². The zero-order valence-electron chi connectivity index (χ0n) is 11.9. The van der Waals surface area contributed by atoms with Crippen molar-refractivity contribution in [3.63, 3.8) is 0 Å². The SMILES string of the molecule is CC1Cc2ccccc2N(c2ccc(N)c(C(=O)O)c2)C1. The fraction of sp³-hybridized carbons (Fsp3) is 0.235. The second-order valence-corrected chi connectivity index (χ2v) is 5.63. The van der Waals surface area contributed by atoms with E-state index in [4.69, 9.17) is 5.73 Å². The zero-order chi connectivity index (χ0) is 15.0. The maximum atomic E-state index is 11.3. The number of hydrogen-bond acceptors (Lipinski definition) is 3. The number of nitrogen functional groups attached to an aromatic ring is 1. The molecule has 3 rings (SSSR count). The van der Waals surface area contributed by atoms with Crippen LogP contribution in [0.1, 0.15) is 22.8 Å². The van der Waals surface area contributed by atoms with Gasteiger partial charge in [0.05, 0.1) is 5.56 Å². The van der Waals surface area contributed by atoms with Gasteiger partial charge in [-0.25, -0.2) is 4.79 Å². The van der Waals surface area contributed by atoms with Crippen LogP contribution in [0.25, 0.3) is 0 Å². The summed E-state index contributed by atoms with van der Waals surface area (Å²) in [4.78, 5) is 13.4. The van der Waals surface area contributed by atoms with E-state index in [-0.39, 0.29) is 5.56 Å². The molecule has 0 bridgehead atoms. The Bertz CT molecular complexity index is 697. The molecule has 108 valence electrons. The van der Waals surface area contributed by atoms with Crippen LogP contribution in [0.2, 0.25) is 0 Å². The topological polar surface area (TPSA) is 66.6 Å². The molecule has 0 aromatic heterocycles.